The molecule has 0 fully saturated rings. The fraction of sp³-hybridized carbons (Fsp3) is 0.364. The first-order chi connectivity index (χ1) is 14.9. The maximum Gasteiger partial charge on any atom is 0.411 e. The van der Waals surface area contributed by atoms with Crippen molar-refractivity contribution in [2.24, 2.45) is 0 Å². The van der Waals surface area contributed by atoms with Gasteiger partial charge in [-0.3, -0.25) is 15.4 Å². The summed E-state index contributed by atoms with van der Waals surface area (Å²) in [7, 11) is 0. The lowest BCUT2D eigenvalue weighted by Gasteiger charge is -2.18. The second-order valence-corrected chi connectivity index (χ2v) is 7.17. The number of aryl methyl sites for hydroxylation is 3. The number of aromatic nitrogens is 1. The number of carboxylic acids is 2. The third-order valence-corrected chi connectivity index (χ3v) is 4.33. The number of aliphatic carboxylic acids is 2. The standard InChI is InChI=1S/C19H26N4O2.C3H4O4/c1-6-25-19(24)22-15-7-8-16(23-18(15)20)21-14(5)17-12(3)9-11(2)10-13(17)4;4-2(5)1-3(6)7/h7-10,14H,6H2,1-5H3,(H,22,24)(H3,20,21,23);1H2,(H,4,5)(H,6,7). The first-order valence-electron chi connectivity index (χ1n) is 9.96. The average Bonchev–Trinajstić information content (AvgIpc) is 2.62. The Labute approximate surface area is 186 Å². The van der Waals surface area contributed by atoms with Gasteiger partial charge in [0, 0.05) is 6.07 Å². The molecule has 6 N–H and O–H groups in total. The minimum absolute atomic E-state index is 0.111. The number of nitrogens with two attached hydrogens (primary N) is 1. The fourth-order valence-electron chi connectivity index (χ4n) is 3.28. The molecule has 1 heterocycles. The number of carbonyl (C=O) groups is 3. The van der Waals surface area contributed by atoms with Gasteiger partial charge < -0.3 is 25.5 Å². The molecule has 0 saturated carbocycles. The molecule has 0 saturated heterocycles. The van der Waals surface area contributed by atoms with Crippen molar-refractivity contribution in [1.29, 1.82) is 0 Å². The molecule has 2 aromatic rings. The number of carboxylic acid groups (broad SMARTS) is 2. The van der Waals surface area contributed by atoms with Crippen molar-refractivity contribution in [3.63, 3.8) is 0 Å². The second kappa shape index (κ2) is 12.1. The SMILES string of the molecule is CCOC(=O)Nc1ccc(NC(C)c2c(C)cc(C)cc2C)[nH+]c1N.O=C([O-])CC(=O)O. The van der Waals surface area contributed by atoms with Gasteiger partial charge in [-0.15, -0.1) is 0 Å². The highest BCUT2D eigenvalue weighted by molar-refractivity contribution is 5.88. The van der Waals surface area contributed by atoms with Crippen molar-refractivity contribution in [2.45, 2.75) is 47.1 Å². The minimum Gasteiger partial charge on any atom is -0.550 e. The number of hydrogen-bond donors (Lipinski definition) is 4. The van der Waals surface area contributed by atoms with Crippen LogP contribution >= 0.6 is 0 Å². The summed E-state index contributed by atoms with van der Waals surface area (Å²) >= 11 is 0. The van der Waals surface area contributed by atoms with Crippen LogP contribution < -0.4 is 26.5 Å². The van der Waals surface area contributed by atoms with Crippen LogP contribution in [0.4, 0.5) is 22.1 Å². The smallest absolute Gasteiger partial charge is 0.411 e. The lowest BCUT2D eigenvalue weighted by atomic mass is 9.95. The van der Waals surface area contributed by atoms with Gasteiger partial charge in [0.2, 0.25) is 11.6 Å². The molecule has 174 valence electrons. The normalized spacial score (nSPS) is 10.9. The zero-order valence-corrected chi connectivity index (χ0v) is 18.9. The number of amides is 1. The van der Waals surface area contributed by atoms with Crippen LogP contribution in [0.25, 0.3) is 0 Å². The Bertz CT molecular complexity index is 942. The molecule has 10 heteroatoms. The van der Waals surface area contributed by atoms with E-state index < -0.39 is 24.5 Å². The van der Waals surface area contributed by atoms with Gasteiger partial charge in [-0.25, -0.2) is 9.78 Å². The zero-order valence-electron chi connectivity index (χ0n) is 18.9. The summed E-state index contributed by atoms with van der Waals surface area (Å²) in [4.78, 5) is 33.3. The number of nitrogen functional groups attached to an aromatic ring is 1. The predicted octanol–water partition coefficient (Wildman–Crippen LogP) is 1.96. The number of anilines is 3. The quantitative estimate of drug-likeness (QED) is 0.468. The molecule has 32 heavy (non-hydrogen) atoms. The van der Waals surface area contributed by atoms with Crippen LogP contribution in [-0.4, -0.2) is 29.7 Å². The summed E-state index contributed by atoms with van der Waals surface area (Å²) in [5.74, 6) is -1.80. The van der Waals surface area contributed by atoms with Crippen molar-refractivity contribution in [3.05, 3.63) is 46.5 Å². The van der Waals surface area contributed by atoms with Gasteiger partial charge in [-0.1, -0.05) is 17.7 Å². The maximum absolute atomic E-state index is 11.5. The summed E-state index contributed by atoms with van der Waals surface area (Å²) in [5, 5.41) is 23.0. The monoisotopic (exact) mass is 446 g/mol. The summed E-state index contributed by atoms with van der Waals surface area (Å²) in [6, 6.07) is 8.07. The van der Waals surface area contributed by atoms with Gasteiger partial charge in [0.05, 0.1) is 25.0 Å². The number of hydrogen-bond acceptors (Lipinski definition) is 7. The van der Waals surface area contributed by atoms with Crippen LogP contribution in [0.2, 0.25) is 0 Å². The third kappa shape index (κ3) is 8.50. The first-order valence-corrected chi connectivity index (χ1v) is 9.96. The molecule has 0 aliphatic carbocycles. The van der Waals surface area contributed by atoms with E-state index in [0.717, 1.165) is 5.82 Å². The number of pyridine rings is 1. The van der Waals surface area contributed by atoms with Crippen LogP contribution in [0.15, 0.2) is 24.3 Å². The van der Waals surface area contributed by atoms with Gasteiger partial charge in [0.1, 0.15) is 5.69 Å². The number of nitrogens with one attached hydrogen (secondary N) is 3. The molecular weight excluding hydrogens is 416 g/mol. The van der Waals surface area contributed by atoms with E-state index in [4.69, 9.17) is 15.6 Å². The van der Waals surface area contributed by atoms with E-state index in [2.05, 4.69) is 55.4 Å². The fourth-order valence-corrected chi connectivity index (χ4v) is 3.28. The molecule has 0 aliphatic rings. The van der Waals surface area contributed by atoms with E-state index in [1.807, 2.05) is 6.07 Å². The summed E-state index contributed by atoms with van der Waals surface area (Å²) in [5.41, 5.74) is 11.5. The molecule has 1 aromatic carbocycles. The number of ether oxygens (including phenoxy) is 1. The largest absolute Gasteiger partial charge is 0.550 e. The van der Waals surface area contributed by atoms with Gasteiger partial charge in [-0.05, 0) is 57.4 Å². The third-order valence-electron chi connectivity index (χ3n) is 4.33. The number of rotatable bonds is 7. The zero-order chi connectivity index (χ0) is 24.4. The molecule has 1 unspecified atom stereocenters. The highest BCUT2D eigenvalue weighted by atomic mass is 16.5. The topological polar surface area (TPSA) is 168 Å². The molecule has 2 rings (SSSR count). The van der Waals surface area contributed by atoms with E-state index in [0.29, 0.717) is 18.1 Å². The van der Waals surface area contributed by atoms with Crippen LogP contribution in [0.5, 0.6) is 0 Å². The molecule has 0 aliphatic heterocycles. The number of H-pyrrole nitrogens is 1. The Morgan fingerprint density at radius 3 is 2.22 bits per heavy atom. The van der Waals surface area contributed by atoms with Crippen molar-refractivity contribution in [2.75, 3.05) is 23.0 Å². The van der Waals surface area contributed by atoms with Crippen molar-refractivity contribution >= 4 is 35.4 Å². The molecule has 1 atom stereocenters. The van der Waals surface area contributed by atoms with E-state index in [-0.39, 0.29) is 6.04 Å². The van der Waals surface area contributed by atoms with Gasteiger partial charge in [-0.2, -0.15) is 0 Å². The van der Waals surface area contributed by atoms with Crippen molar-refractivity contribution < 1.29 is 34.3 Å². The van der Waals surface area contributed by atoms with Crippen LogP contribution in [0, 0.1) is 20.8 Å². The van der Waals surface area contributed by atoms with E-state index in [1.165, 1.54) is 22.3 Å². The average molecular weight is 447 g/mol. The van der Waals surface area contributed by atoms with E-state index in [1.54, 1.807) is 13.0 Å². The highest BCUT2D eigenvalue weighted by Crippen LogP contribution is 2.26. The van der Waals surface area contributed by atoms with Gasteiger partial charge >= 0.3 is 12.1 Å². The van der Waals surface area contributed by atoms with Crippen LogP contribution in [0.3, 0.4) is 0 Å². The van der Waals surface area contributed by atoms with E-state index in [9.17, 15) is 19.5 Å². The lowest BCUT2D eigenvalue weighted by molar-refractivity contribution is -0.342. The first kappa shape index (κ1) is 26.2. The number of aromatic amines is 1. The Balaban J connectivity index is 0.000000633. The molecule has 10 nitrogen and oxygen atoms in total. The predicted molar refractivity (Wildman–Crippen MR) is 118 cm³/mol. The Hall–Kier alpha value is -3.82. The van der Waals surface area contributed by atoms with Gasteiger partial charge in [0.15, 0.2) is 0 Å². The molecule has 0 spiro atoms. The molecule has 0 bridgehead atoms. The molecule has 0 radical (unpaired) electrons. The summed E-state index contributed by atoms with van der Waals surface area (Å²) in [6.45, 7) is 10.5. The maximum atomic E-state index is 11.5. The second-order valence-electron chi connectivity index (χ2n) is 7.17. The Morgan fingerprint density at radius 2 is 1.78 bits per heavy atom. The highest BCUT2D eigenvalue weighted by Gasteiger charge is 2.17. The number of benzene rings is 1. The lowest BCUT2D eigenvalue weighted by Crippen LogP contribution is -2.24. The van der Waals surface area contributed by atoms with Crippen molar-refractivity contribution in [1.82, 2.24) is 0 Å². The molecular formula is C22H30N4O6. The Kier molecular flexibility index (Phi) is 9.94. The summed E-state index contributed by atoms with van der Waals surface area (Å²) in [6.07, 6.45) is -1.44. The van der Waals surface area contributed by atoms with Gasteiger partial charge in [0.25, 0.3) is 0 Å². The minimum atomic E-state index is -1.56. The van der Waals surface area contributed by atoms with E-state index >= 15 is 0 Å². The number of carbonyl (C=O) groups excluding carboxylic acids is 2. The van der Waals surface area contributed by atoms with Crippen molar-refractivity contribution in [3.8, 4) is 0 Å². The molecule has 1 aromatic heterocycles. The Morgan fingerprint density at radius 1 is 1.19 bits per heavy atom. The van der Waals surface area contributed by atoms with Crippen LogP contribution in [0.1, 0.15) is 48.6 Å². The van der Waals surface area contributed by atoms with Crippen LogP contribution in [-0.2, 0) is 14.3 Å². The molecule has 1 amide bonds. The summed E-state index contributed by atoms with van der Waals surface area (Å²) < 4.78 is 4.85.